The molecule has 8 amide bonds. The second kappa shape index (κ2) is 33.0. The fourth-order valence-electron chi connectivity index (χ4n) is 7.53. The van der Waals surface area contributed by atoms with E-state index in [0.29, 0.717) is 24.9 Å². The molecule has 1 rings (SSSR count). The number of guanidine groups is 1. The summed E-state index contributed by atoms with van der Waals surface area (Å²) in [5.41, 5.74) is 23.5. The molecule has 0 aromatic heterocycles. The number of nitrogens with zero attached hydrogens (tertiary/aromatic N) is 1. The normalized spacial score (nSPS) is 14.1. The molecular formula is C49H84N14O10. The van der Waals surface area contributed by atoms with E-state index in [2.05, 4.69) is 47.5 Å². The van der Waals surface area contributed by atoms with Crippen molar-refractivity contribution in [3.8, 4) is 0 Å². The highest BCUT2D eigenvalue weighted by Gasteiger charge is 2.36. The maximum atomic E-state index is 14.2. The topological polar surface area (TPSA) is 410 Å². The molecule has 18 N–H and O–H groups in total. The highest BCUT2D eigenvalue weighted by Crippen LogP contribution is 2.13. The summed E-state index contributed by atoms with van der Waals surface area (Å²) in [5.74, 6) is -8.54. The summed E-state index contributed by atoms with van der Waals surface area (Å²) >= 11 is 0. The molecular weight excluding hydrogens is 945 g/mol. The zero-order valence-electron chi connectivity index (χ0n) is 44.0. The molecule has 0 heterocycles. The lowest BCUT2D eigenvalue weighted by molar-refractivity contribution is -0.141. The number of rotatable bonds is 34. The monoisotopic (exact) mass is 1030 g/mol. The summed E-state index contributed by atoms with van der Waals surface area (Å²) in [5, 5.41) is 38.6. The summed E-state index contributed by atoms with van der Waals surface area (Å²) < 4.78 is 0. The van der Waals surface area contributed by atoms with Crippen LogP contribution in [0.1, 0.15) is 131 Å². The molecule has 24 nitrogen and oxygen atoms in total. The number of unbranched alkanes of at least 4 members (excludes halogenated alkanes) is 1. The Morgan fingerprint density at radius 2 is 0.986 bits per heavy atom. The average molecular weight is 1030 g/mol. The Hall–Kier alpha value is -6.85. The average Bonchev–Trinajstić information content (AvgIpc) is 3.28. The standard InChI is InChI=1S/C49H84N14O10/c1-26(2)21-35(57-30(9)64)44(69)60-37(23-28(5)6)46(71)62-38(24-39(65)66)47(72)61-36(22-27(3)4)45(70)58-34(14-12-20-55-49(53)54)43(68)63-40(29(7)8)48(73)59-33(13-10-11-19-50)42(67)56-25-31-15-17-32(18-16-31)41(51)52/h15-18,26-29,33-38,40H,10-14,19-25,50H2,1-9H3,(H3,51,52)(H,56,67)(H,57,64)(H,58,70)(H,59,73)(H,60,69)(H,61,72)(H,62,71)(H,63,68)(H,65,66)(H4,53,54,55)/t33-,34-,35-,36-,37-,38-,40-/m0/s1. The molecule has 0 saturated heterocycles. The van der Waals surface area contributed by atoms with Crippen LogP contribution in [0.5, 0.6) is 0 Å². The van der Waals surface area contributed by atoms with E-state index in [1.165, 1.54) is 6.92 Å². The van der Waals surface area contributed by atoms with Gasteiger partial charge < -0.3 is 70.6 Å². The van der Waals surface area contributed by atoms with E-state index >= 15 is 0 Å². The first-order valence-corrected chi connectivity index (χ1v) is 24.9. The molecule has 1 aromatic rings. The number of hydrogen-bond donors (Lipinski definition) is 14. The maximum Gasteiger partial charge on any atom is 0.305 e. The third kappa shape index (κ3) is 25.9. The SMILES string of the molecule is CC(=O)N[C@@H](CC(C)C)C(=O)N[C@@H](CC(C)C)C(=O)N[C@@H](CC(=O)O)C(=O)N[C@@H](CC(C)C)C(=O)N[C@@H](CCCN=C(N)N)C(=O)N[C@H](C(=O)N[C@@H](CCCCN)C(=O)NCc1ccc(C(=N)N)cc1)C(C)C. The van der Waals surface area contributed by atoms with Gasteiger partial charge in [0.25, 0.3) is 0 Å². The number of aliphatic carboxylic acids is 1. The van der Waals surface area contributed by atoms with E-state index in [1.807, 2.05) is 13.8 Å². The number of hydrogen-bond acceptors (Lipinski definition) is 12. The smallest absolute Gasteiger partial charge is 0.305 e. The molecule has 0 aliphatic heterocycles. The number of carboxylic acids is 1. The largest absolute Gasteiger partial charge is 0.481 e. The quantitative estimate of drug-likeness (QED) is 0.0234. The first kappa shape index (κ1) is 64.2. The van der Waals surface area contributed by atoms with Crippen LogP contribution in [0.2, 0.25) is 0 Å². The van der Waals surface area contributed by atoms with Gasteiger partial charge in [0.15, 0.2) is 5.96 Å². The highest BCUT2D eigenvalue weighted by atomic mass is 16.4. The lowest BCUT2D eigenvalue weighted by Crippen LogP contribution is -2.61. The van der Waals surface area contributed by atoms with Crippen molar-refractivity contribution in [1.29, 1.82) is 5.41 Å². The predicted molar refractivity (Wildman–Crippen MR) is 277 cm³/mol. The number of aliphatic imine (C=N–C) groups is 1. The van der Waals surface area contributed by atoms with Crippen molar-refractivity contribution in [3.05, 3.63) is 35.4 Å². The molecule has 0 spiro atoms. The molecule has 73 heavy (non-hydrogen) atoms. The Labute approximate surface area is 429 Å². The van der Waals surface area contributed by atoms with Crippen LogP contribution in [0.25, 0.3) is 0 Å². The molecule has 410 valence electrons. The number of nitrogen functional groups attached to an aromatic ring is 1. The molecule has 7 atom stereocenters. The second-order valence-electron chi connectivity index (χ2n) is 19.8. The van der Waals surface area contributed by atoms with Gasteiger partial charge in [-0.05, 0) is 87.1 Å². The fourth-order valence-corrected chi connectivity index (χ4v) is 7.53. The van der Waals surface area contributed by atoms with Crippen LogP contribution in [0.15, 0.2) is 29.3 Å². The molecule has 24 heteroatoms. The second-order valence-corrected chi connectivity index (χ2v) is 19.8. The molecule has 0 saturated carbocycles. The molecule has 0 unspecified atom stereocenters. The van der Waals surface area contributed by atoms with Crippen LogP contribution < -0.4 is 65.5 Å². The van der Waals surface area contributed by atoms with Crippen LogP contribution in [0, 0.1) is 29.1 Å². The number of nitrogens with two attached hydrogens (primary N) is 4. The van der Waals surface area contributed by atoms with E-state index < -0.39 is 108 Å². The number of carbonyl (C=O) groups excluding carboxylic acids is 8. The van der Waals surface area contributed by atoms with Gasteiger partial charge in [-0.3, -0.25) is 53.6 Å². The first-order valence-electron chi connectivity index (χ1n) is 24.9. The Morgan fingerprint density at radius 3 is 1.42 bits per heavy atom. The van der Waals surface area contributed by atoms with Crippen molar-refractivity contribution in [1.82, 2.24) is 42.5 Å². The summed E-state index contributed by atoms with van der Waals surface area (Å²) in [6.07, 6.45) is 0.852. The van der Waals surface area contributed by atoms with Gasteiger partial charge in [0.05, 0.1) is 6.42 Å². The van der Waals surface area contributed by atoms with E-state index in [0.717, 1.165) is 5.56 Å². The van der Waals surface area contributed by atoms with Gasteiger partial charge >= 0.3 is 5.97 Å². The van der Waals surface area contributed by atoms with Crippen LogP contribution in [0.3, 0.4) is 0 Å². The summed E-state index contributed by atoms with van der Waals surface area (Å²) in [4.78, 5) is 125. The molecule has 1 aromatic carbocycles. The summed E-state index contributed by atoms with van der Waals surface area (Å²) in [6.45, 7) is 16.0. The van der Waals surface area contributed by atoms with Gasteiger partial charge in [0.2, 0.25) is 47.3 Å². The lowest BCUT2D eigenvalue weighted by atomic mass is 9.99. The van der Waals surface area contributed by atoms with Crippen molar-refractivity contribution >= 4 is 65.0 Å². The van der Waals surface area contributed by atoms with E-state index in [4.69, 9.17) is 28.3 Å². The first-order chi connectivity index (χ1) is 34.1. The number of carboxylic acid groups (broad SMARTS) is 1. The van der Waals surface area contributed by atoms with Crippen LogP contribution in [-0.4, -0.2) is 126 Å². The Morgan fingerprint density at radius 1 is 0.562 bits per heavy atom. The van der Waals surface area contributed by atoms with Crippen molar-refractivity contribution < 1.29 is 48.3 Å². The minimum Gasteiger partial charge on any atom is -0.481 e. The highest BCUT2D eigenvalue weighted by molar-refractivity contribution is 5.98. The number of amidine groups is 1. The minimum absolute atomic E-state index is 0.00553. The molecule has 0 aliphatic rings. The third-order valence-electron chi connectivity index (χ3n) is 11.2. The molecule has 0 fully saturated rings. The Bertz CT molecular complexity index is 2040. The summed E-state index contributed by atoms with van der Waals surface area (Å²) in [6, 6.07) is -2.18. The summed E-state index contributed by atoms with van der Waals surface area (Å²) in [7, 11) is 0. The van der Waals surface area contributed by atoms with E-state index in [9.17, 15) is 48.3 Å². The molecule has 0 bridgehead atoms. The van der Waals surface area contributed by atoms with Gasteiger partial charge in [0.1, 0.15) is 48.1 Å². The third-order valence-corrected chi connectivity index (χ3v) is 11.2. The number of nitrogens with one attached hydrogen (secondary N) is 9. The van der Waals surface area contributed by atoms with Crippen molar-refractivity contribution in [2.24, 2.45) is 51.6 Å². The molecule has 0 radical (unpaired) electrons. The zero-order chi connectivity index (χ0) is 55.5. The zero-order valence-corrected chi connectivity index (χ0v) is 44.0. The van der Waals surface area contributed by atoms with Crippen molar-refractivity contribution in [3.63, 3.8) is 0 Å². The van der Waals surface area contributed by atoms with Crippen LogP contribution >= 0.6 is 0 Å². The van der Waals surface area contributed by atoms with E-state index in [1.54, 1.807) is 65.8 Å². The Balaban J connectivity index is 3.46. The maximum absolute atomic E-state index is 14.2. The van der Waals surface area contributed by atoms with Gasteiger partial charge in [0, 0.05) is 25.6 Å². The van der Waals surface area contributed by atoms with Gasteiger partial charge in [-0.25, -0.2) is 0 Å². The van der Waals surface area contributed by atoms with Crippen molar-refractivity contribution in [2.45, 2.75) is 169 Å². The number of benzene rings is 1. The number of amides is 8. The fraction of sp³-hybridized carbons (Fsp3) is 0.653. The molecule has 0 aliphatic carbocycles. The van der Waals surface area contributed by atoms with Crippen molar-refractivity contribution in [2.75, 3.05) is 13.1 Å². The van der Waals surface area contributed by atoms with Crippen LogP contribution in [-0.2, 0) is 49.7 Å². The van der Waals surface area contributed by atoms with Gasteiger partial charge in [-0.15, -0.1) is 0 Å². The van der Waals surface area contributed by atoms with Crippen LogP contribution in [0.4, 0.5) is 0 Å². The van der Waals surface area contributed by atoms with Gasteiger partial charge in [-0.2, -0.15) is 0 Å². The minimum atomic E-state index is -1.73. The number of carbonyl (C=O) groups is 9. The van der Waals surface area contributed by atoms with Gasteiger partial charge in [-0.1, -0.05) is 79.7 Å². The Kier molecular flexibility index (Phi) is 29.0. The van der Waals surface area contributed by atoms with E-state index in [-0.39, 0.29) is 81.2 Å². The lowest BCUT2D eigenvalue weighted by Gasteiger charge is -2.29. The predicted octanol–water partition coefficient (Wildman–Crippen LogP) is -0.548.